The monoisotopic (exact) mass is 307 g/mol. The first-order valence-electron chi connectivity index (χ1n) is 6.40. The highest BCUT2D eigenvalue weighted by Crippen LogP contribution is 2.17. The Labute approximate surface area is 128 Å². The average molecular weight is 308 g/mol. The Morgan fingerprint density at radius 3 is 2.05 bits per heavy atom. The minimum Gasteiger partial charge on any atom is -0.352 e. The third-order valence-electron chi connectivity index (χ3n) is 3.01. The first kappa shape index (κ1) is 14.9. The maximum atomic E-state index is 11.8. The average Bonchev–Trinajstić information content (AvgIpc) is 2.45. The summed E-state index contributed by atoms with van der Waals surface area (Å²) in [5.41, 5.74) is 1.90. The molecule has 2 aromatic carbocycles. The molecular formula is C16H15Cl2NO. The van der Waals surface area contributed by atoms with Crippen LogP contribution in [0.4, 0.5) is 0 Å². The van der Waals surface area contributed by atoms with Crippen LogP contribution in [-0.2, 0) is 17.8 Å². The highest BCUT2D eigenvalue weighted by Gasteiger charge is 2.06. The van der Waals surface area contributed by atoms with E-state index in [1.54, 1.807) is 0 Å². The molecule has 0 unspecified atom stereocenters. The summed E-state index contributed by atoms with van der Waals surface area (Å²) >= 11 is 12.1. The molecule has 0 spiro atoms. The molecule has 0 fully saturated rings. The molecule has 0 aliphatic heterocycles. The standard InChI is InChI=1S/C16H15Cl2NO/c17-14-7-3-1-5-12(14)9-10-16(20)19-11-13-6-2-4-8-15(13)18/h1-8H,9-11H2,(H,19,20). The van der Waals surface area contributed by atoms with Gasteiger partial charge in [-0.2, -0.15) is 0 Å². The summed E-state index contributed by atoms with van der Waals surface area (Å²) in [6.07, 6.45) is 1.04. The number of halogens is 2. The maximum absolute atomic E-state index is 11.8. The summed E-state index contributed by atoms with van der Waals surface area (Å²) in [5.74, 6) is -0.00941. The zero-order valence-corrected chi connectivity index (χ0v) is 12.4. The van der Waals surface area contributed by atoms with E-state index in [9.17, 15) is 4.79 Å². The maximum Gasteiger partial charge on any atom is 0.220 e. The van der Waals surface area contributed by atoms with Crippen molar-refractivity contribution in [1.82, 2.24) is 5.32 Å². The third-order valence-corrected chi connectivity index (χ3v) is 3.75. The predicted molar refractivity (Wildman–Crippen MR) is 83.1 cm³/mol. The quantitative estimate of drug-likeness (QED) is 0.879. The van der Waals surface area contributed by atoms with Gasteiger partial charge in [-0.25, -0.2) is 0 Å². The molecule has 2 aromatic rings. The summed E-state index contributed by atoms with van der Waals surface area (Å²) in [4.78, 5) is 11.8. The topological polar surface area (TPSA) is 29.1 Å². The zero-order valence-electron chi connectivity index (χ0n) is 10.9. The van der Waals surface area contributed by atoms with Crippen LogP contribution in [0, 0.1) is 0 Å². The minimum absolute atomic E-state index is 0.00941. The van der Waals surface area contributed by atoms with E-state index in [1.165, 1.54) is 0 Å². The number of rotatable bonds is 5. The van der Waals surface area contributed by atoms with E-state index in [2.05, 4.69) is 5.32 Å². The van der Waals surface area contributed by atoms with Crippen LogP contribution < -0.4 is 5.32 Å². The Morgan fingerprint density at radius 1 is 0.900 bits per heavy atom. The van der Waals surface area contributed by atoms with E-state index < -0.39 is 0 Å². The lowest BCUT2D eigenvalue weighted by atomic mass is 10.1. The van der Waals surface area contributed by atoms with E-state index in [4.69, 9.17) is 23.2 Å². The molecule has 4 heteroatoms. The molecule has 2 nitrogen and oxygen atoms in total. The second-order valence-corrected chi connectivity index (χ2v) is 5.27. The molecule has 2 rings (SSSR count). The molecule has 0 saturated heterocycles. The highest BCUT2D eigenvalue weighted by molar-refractivity contribution is 6.31. The van der Waals surface area contributed by atoms with Crippen LogP contribution in [0.1, 0.15) is 17.5 Å². The number of hydrogen-bond acceptors (Lipinski definition) is 1. The van der Waals surface area contributed by atoms with Crippen LogP contribution in [0.2, 0.25) is 10.0 Å². The van der Waals surface area contributed by atoms with Gasteiger partial charge in [-0.05, 0) is 29.7 Å². The molecule has 0 aliphatic rings. The van der Waals surface area contributed by atoms with Crippen molar-refractivity contribution in [1.29, 1.82) is 0 Å². The van der Waals surface area contributed by atoms with Crippen LogP contribution in [0.5, 0.6) is 0 Å². The molecule has 0 saturated carbocycles. The minimum atomic E-state index is -0.00941. The van der Waals surface area contributed by atoms with Gasteiger partial charge in [-0.1, -0.05) is 59.6 Å². The van der Waals surface area contributed by atoms with Gasteiger partial charge in [0.2, 0.25) is 5.91 Å². The second-order valence-electron chi connectivity index (χ2n) is 4.46. The van der Waals surface area contributed by atoms with E-state index in [-0.39, 0.29) is 5.91 Å². The normalized spacial score (nSPS) is 10.3. The summed E-state index contributed by atoms with van der Waals surface area (Å²) < 4.78 is 0. The Balaban J connectivity index is 1.82. The van der Waals surface area contributed by atoms with Crippen molar-refractivity contribution in [2.45, 2.75) is 19.4 Å². The summed E-state index contributed by atoms with van der Waals surface area (Å²) in [6.45, 7) is 0.445. The largest absolute Gasteiger partial charge is 0.352 e. The van der Waals surface area contributed by atoms with Gasteiger partial charge < -0.3 is 5.32 Å². The number of amides is 1. The van der Waals surface area contributed by atoms with Crippen molar-refractivity contribution in [3.05, 3.63) is 69.7 Å². The Bertz CT molecular complexity index is 547. The molecular weight excluding hydrogens is 293 g/mol. The van der Waals surface area contributed by atoms with Gasteiger partial charge in [0.05, 0.1) is 0 Å². The molecule has 0 aromatic heterocycles. The van der Waals surface area contributed by atoms with Gasteiger partial charge in [-0.3, -0.25) is 4.79 Å². The SMILES string of the molecule is O=C(CCc1ccccc1Cl)NCc1ccccc1Cl. The van der Waals surface area contributed by atoms with Crippen molar-refractivity contribution < 1.29 is 4.79 Å². The molecule has 1 N–H and O–H groups in total. The fourth-order valence-electron chi connectivity index (χ4n) is 1.87. The van der Waals surface area contributed by atoms with Gasteiger partial charge in [0.25, 0.3) is 0 Å². The van der Waals surface area contributed by atoms with Crippen molar-refractivity contribution in [3.8, 4) is 0 Å². The lowest BCUT2D eigenvalue weighted by Crippen LogP contribution is -2.23. The molecule has 0 radical (unpaired) electrons. The van der Waals surface area contributed by atoms with E-state index >= 15 is 0 Å². The molecule has 0 heterocycles. The van der Waals surface area contributed by atoms with Crippen molar-refractivity contribution in [2.75, 3.05) is 0 Å². The fraction of sp³-hybridized carbons (Fsp3) is 0.188. The van der Waals surface area contributed by atoms with Crippen LogP contribution in [0.15, 0.2) is 48.5 Å². The lowest BCUT2D eigenvalue weighted by molar-refractivity contribution is -0.121. The van der Waals surface area contributed by atoms with Crippen molar-refractivity contribution >= 4 is 29.1 Å². The van der Waals surface area contributed by atoms with Gasteiger partial charge in [0.1, 0.15) is 0 Å². The Morgan fingerprint density at radius 2 is 1.45 bits per heavy atom. The van der Waals surface area contributed by atoms with Crippen LogP contribution in [0.3, 0.4) is 0 Å². The van der Waals surface area contributed by atoms with E-state index in [0.717, 1.165) is 11.1 Å². The first-order valence-corrected chi connectivity index (χ1v) is 7.16. The van der Waals surface area contributed by atoms with Gasteiger partial charge in [0, 0.05) is 23.0 Å². The van der Waals surface area contributed by atoms with Crippen molar-refractivity contribution in [3.63, 3.8) is 0 Å². The smallest absolute Gasteiger partial charge is 0.220 e. The molecule has 104 valence electrons. The summed E-state index contributed by atoms with van der Waals surface area (Å²) in [7, 11) is 0. The van der Waals surface area contributed by atoms with Gasteiger partial charge in [0.15, 0.2) is 0 Å². The van der Waals surface area contributed by atoms with Crippen molar-refractivity contribution in [2.24, 2.45) is 0 Å². The molecule has 20 heavy (non-hydrogen) atoms. The van der Waals surface area contributed by atoms with E-state index in [1.807, 2.05) is 48.5 Å². The lowest BCUT2D eigenvalue weighted by Gasteiger charge is -2.07. The Kier molecular flexibility index (Phi) is 5.45. The molecule has 0 atom stereocenters. The van der Waals surface area contributed by atoms with Crippen LogP contribution in [-0.4, -0.2) is 5.91 Å². The van der Waals surface area contributed by atoms with E-state index in [0.29, 0.717) is 29.4 Å². The van der Waals surface area contributed by atoms with Crippen LogP contribution in [0.25, 0.3) is 0 Å². The van der Waals surface area contributed by atoms with Gasteiger partial charge >= 0.3 is 0 Å². The number of aryl methyl sites for hydroxylation is 1. The fourth-order valence-corrected chi connectivity index (χ4v) is 2.31. The Hall–Kier alpha value is -1.51. The molecule has 1 amide bonds. The summed E-state index contributed by atoms with van der Waals surface area (Å²) in [5, 5.41) is 4.23. The molecule has 0 bridgehead atoms. The number of benzene rings is 2. The highest BCUT2D eigenvalue weighted by atomic mass is 35.5. The van der Waals surface area contributed by atoms with Gasteiger partial charge in [-0.15, -0.1) is 0 Å². The number of carbonyl (C=O) groups is 1. The first-order chi connectivity index (χ1) is 9.66. The summed E-state index contributed by atoms with van der Waals surface area (Å²) in [6, 6.07) is 15.0. The third kappa shape index (κ3) is 4.26. The zero-order chi connectivity index (χ0) is 14.4. The number of hydrogen-bond donors (Lipinski definition) is 1. The molecule has 0 aliphatic carbocycles. The number of carbonyl (C=O) groups excluding carboxylic acids is 1. The number of nitrogens with one attached hydrogen (secondary N) is 1. The van der Waals surface area contributed by atoms with Crippen LogP contribution >= 0.6 is 23.2 Å². The second kappa shape index (κ2) is 7.32. The predicted octanol–water partition coefficient (Wildman–Crippen LogP) is 4.24.